The van der Waals surface area contributed by atoms with Gasteiger partial charge in [-0.3, -0.25) is 0 Å². The van der Waals surface area contributed by atoms with Crippen molar-refractivity contribution in [2.75, 3.05) is 0 Å². The molecular formula is C17H33BO2. The lowest BCUT2D eigenvalue weighted by Gasteiger charge is -2.64. The van der Waals surface area contributed by atoms with Crippen LogP contribution < -0.4 is 0 Å². The molecule has 0 N–H and O–H groups in total. The van der Waals surface area contributed by atoms with Crippen LogP contribution in [0.4, 0.5) is 0 Å². The second-order valence-corrected chi connectivity index (χ2v) is 7.94. The molecule has 1 aliphatic heterocycles. The Hall–Kier alpha value is -0.0151. The molecule has 3 heteroatoms. The second kappa shape index (κ2) is 5.32. The Morgan fingerprint density at radius 3 is 2.15 bits per heavy atom. The Bertz CT molecular complexity index is 355. The molecule has 5 atom stereocenters. The third-order valence-electron chi connectivity index (χ3n) is 6.45. The molecule has 20 heavy (non-hydrogen) atoms. The highest BCUT2D eigenvalue weighted by molar-refractivity contribution is 6.47. The molecular weight excluding hydrogens is 247 g/mol. The lowest BCUT2D eigenvalue weighted by Crippen LogP contribution is -2.65. The maximum absolute atomic E-state index is 6.44. The largest absolute Gasteiger partial charge is 0.460 e. The van der Waals surface area contributed by atoms with Crippen molar-refractivity contribution < 1.29 is 9.31 Å². The minimum absolute atomic E-state index is 0.00940. The monoisotopic (exact) mass is 280 g/mol. The Labute approximate surface area is 126 Å². The van der Waals surface area contributed by atoms with Gasteiger partial charge in [-0.1, -0.05) is 48.5 Å². The van der Waals surface area contributed by atoms with Crippen LogP contribution in [0.2, 0.25) is 5.82 Å². The Balaban J connectivity index is 0.000000704. The average molecular weight is 280 g/mol. The second-order valence-electron chi connectivity index (χ2n) is 7.94. The van der Waals surface area contributed by atoms with Gasteiger partial charge in [0.15, 0.2) is 0 Å². The molecule has 4 rings (SSSR count). The van der Waals surface area contributed by atoms with Crippen LogP contribution in [0.15, 0.2) is 0 Å². The van der Waals surface area contributed by atoms with Crippen molar-refractivity contribution >= 4 is 7.12 Å². The van der Waals surface area contributed by atoms with Crippen LogP contribution in [-0.4, -0.2) is 18.8 Å². The SMILES string of the molecule is CC.CC(C)[C@@H](C)B1O[C@@H]2CC3CC(C3(C)C)[C@]2(C)O1. The average Bonchev–Trinajstić information content (AvgIpc) is 2.76. The summed E-state index contributed by atoms with van der Waals surface area (Å²) in [5.74, 6) is 2.62. The number of hydrogen-bond acceptors (Lipinski definition) is 2. The third-order valence-corrected chi connectivity index (χ3v) is 6.45. The van der Waals surface area contributed by atoms with Gasteiger partial charge in [0, 0.05) is 0 Å². The van der Waals surface area contributed by atoms with E-state index < -0.39 is 0 Å². The van der Waals surface area contributed by atoms with Crippen molar-refractivity contribution in [3.05, 3.63) is 0 Å². The highest BCUT2D eigenvalue weighted by atomic mass is 16.7. The highest BCUT2D eigenvalue weighted by Crippen LogP contribution is 2.66. The van der Waals surface area contributed by atoms with E-state index in [9.17, 15) is 0 Å². The maximum Gasteiger partial charge on any atom is 0.460 e. The van der Waals surface area contributed by atoms with Crippen LogP contribution in [0.3, 0.4) is 0 Å². The summed E-state index contributed by atoms with van der Waals surface area (Å²) in [5, 5.41) is 0. The number of rotatable bonds is 2. The van der Waals surface area contributed by atoms with Gasteiger partial charge in [0.25, 0.3) is 0 Å². The van der Waals surface area contributed by atoms with Crippen LogP contribution in [-0.2, 0) is 9.31 Å². The third kappa shape index (κ3) is 2.16. The topological polar surface area (TPSA) is 18.5 Å². The fourth-order valence-corrected chi connectivity index (χ4v) is 4.44. The van der Waals surface area contributed by atoms with Gasteiger partial charge in [-0.25, -0.2) is 0 Å². The number of hydrogen-bond donors (Lipinski definition) is 0. The predicted octanol–water partition coefficient (Wildman–Crippen LogP) is 4.79. The molecule has 0 aromatic rings. The molecule has 0 amide bonds. The molecule has 3 saturated carbocycles. The van der Waals surface area contributed by atoms with Crippen molar-refractivity contribution in [2.24, 2.45) is 23.2 Å². The molecule has 2 unspecified atom stereocenters. The predicted molar refractivity (Wildman–Crippen MR) is 85.7 cm³/mol. The quantitative estimate of drug-likeness (QED) is 0.677. The van der Waals surface area contributed by atoms with Crippen LogP contribution in [0, 0.1) is 23.2 Å². The van der Waals surface area contributed by atoms with E-state index in [1.807, 2.05) is 13.8 Å². The zero-order valence-corrected chi connectivity index (χ0v) is 14.7. The Morgan fingerprint density at radius 2 is 1.65 bits per heavy atom. The van der Waals surface area contributed by atoms with Gasteiger partial charge >= 0.3 is 7.12 Å². The summed E-state index contributed by atoms with van der Waals surface area (Å²) in [7, 11) is 0.00940. The summed E-state index contributed by atoms with van der Waals surface area (Å²) in [6.07, 6.45) is 2.87. The van der Waals surface area contributed by atoms with E-state index in [2.05, 4.69) is 41.5 Å². The van der Waals surface area contributed by atoms with E-state index in [-0.39, 0.29) is 12.7 Å². The normalized spacial score (nSPS) is 42.5. The van der Waals surface area contributed by atoms with Crippen molar-refractivity contribution in [1.82, 2.24) is 0 Å². The standard InChI is InChI=1S/C15H27BO2.C2H6/c1-9(2)10(3)16-17-13-8-11-7-12(14(11,4)5)15(13,6)18-16;1-2/h9-13H,7-8H2,1-6H3;1-2H3/t10-,11?,12?,13-,15+;/m1./s1. The molecule has 4 fully saturated rings. The van der Waals surface area contributed by atoms with E-state index in [1.54, 1.807) is 0 Å². The summed E-state index contributed by atoms with van der Waals surface area (Å²) < 4.78 is 12.7. The fraction of sp³-hybridized carbons (Fsp3) is 1.00. The molecule has 1 saturated heterocycles. The summed E-state index contributed by atoms with van der Waals surface area (Å²) >= 11 is 0. The molecule has 3 aliphatic carbocycles. The van der Waals surface area contributed by atoms with E-state index >= 15 is 0 Å². The molecule has 0 aromatic carbocycles. The minimum atomic E-state index is -0.0356. The van der Waals surface area contributed by atoms with Gasteiger partial charge in [0.1, 0.15) is 0 Å². The fourth-order valence-electron chi connectivity index (χ4n) is 4.44. The molecule has 2 nitrogen and oxygen atoms in total. The smallest absolute Gasteiger partial charge is 0.405 e. The zero-order chi connectivity index (χ0) is 15.3. The Morgan fingerprint density at radius 1 is 1.05 bits per heavy atom. The summed E-state index contributed by atoms with van der Waals surface area (Å²) in [6, 6.07) is 0. The molecule has 0 spiro atoms. The maximum atomic E-state index is 6.44. The summed E-state index contributed by atoms with van der Waals surface area (Å²) in [5.41, 5.74) is 0.413. The summed E-state index contributed by atoms with van der Waals surface area (Å²) in [4.78, 5) is 0. The zero-order valence-electron chi connectivity index (χ0n) is 14.7. The summed E-state index contributed by atoms with van der Waals surface area (Å²) in [6.45, 7) is 17.9. The first kappa shape index (κ1) is 16.4. The van der Waals surface area contributed by atoms with E-state index in [0.29, 0.717) is 29.2 Å². The lowest BCUT2D eigenvalue weighted by atomic mass is 9.43. The van der Waals surface area contributed by atoms with Crippen molar-refractivity contribution in [3.63, 3.8) is 0 Å². The molecule has 1 heterocycles. The molecule has 0 radical (unpaired) electrons. The van der Waals surface area contributed by atoms with E-state index in [1.165, 1.54) is 12.8 Å². The first-order valence-electron chi connectivity index (χ1n) is 8.60. The molecule has 116 valence electrons. The van der Waals surface area contributed by atoms with Crippen LogP contribution >= 0.6 is 0 Å². The minimum Gasteiger partial charge on any atom is -0.405 e. The van der Waals surface area contributed by atoms with Gasteiger partial charge in [-0.15, -0.1) is 0 Å². The van der Waals surface area contributed by atoms with Gasteiger partial charge in [0.05, 0.1) is 11.7 Å². The molecule has 4 aliphatic rings. The van der Waals surface area contributed by atoms with Crippen molar-refractivity contribution in [1.29, 1.82) is 0 Å². The van der Waals surface area contributed by atoms with Gasteiger partial charge < -0.3 is 9.31 Å². The van der Waals surface area contributed by atoms with Gasteiger partial charge in [-0.2, -0.15) is 0 Å². The van der Waals surface area contributed by atoms with Crippen molar-refractivity contribution in [3.8, 4) is 0 Å². The van der Waals surface area contributed by atoms with Gasteiger partial charge in [-0.05, 0) is 48.8 Å². The molecule has 2 bridgehead atoms. The highest BCUT2D eigenvalue weighted by Gasteiger charge is 2.68. The molecule has 0 aromatic heterocycles. The van der Waals surface area contributed by atoms with E-state index in [0.717, 1.165) is 5.92 Å². The first-order chi connectivity index (χ1) is 9.26. The van der Waals surface area contributed by atoms with Crippen molar-refractivity contribution in [2.45, 2.75) is 85.8 Å². The van der Waals surface area contributed by atoms with E-state index in [4.69, 9.17) is 9.31 Å². The first-order valence-corrected chi connectivity index (χ1v) is 8.60. The van der Waals surface area contributed by atoms with Crippen LogP contribution in [0.25, 0.3) is 0 Å². The lowest BCUT2D eigenvalue weighted by molar-refractivity contribution is -0.199. The Kier molecular flexibility index (Phi) is 4.35. The van der Waals surface area contributed by atoms with Crippen LogP contribution in [0.1, 0.15) is 68.2 Å². The van der Waals surface area contributed by atoms with Gasteiger partial charge in [0.2, 0.25) is 0 Å². The van der Waals surface area contributed by atoms with Crippen LogP contribution in [0.5, 0.6) is 0 Å².